The lowest BCUT2D eigenvalue weighted by atomic mass is 9.92. The molecule has 3 heterocycles. The maximum Gasteiger partial charge on any atom is 0.289 e. The van der Waals surface area contributed by atoms with Gasteiger partial charge in [-0.1, -0.05) is 30.3 Å². The lowest BCUT2D eigenvalue weighted by Crippen LogP contribution is -2.40. The first-order chi connectivity index (χ1) is 13.6. The number of piperidine rings is 1. The van der Waals surface area contributed by atoms with Crippen LogP contribution >= 0.6 is 0 Å². The lowest BCUT2D eigenvalue weighted by molar-refractivity contribution is 0.0690. The molecule has 0 saturated carbocycles. The zero-order valence-electron chi connectivity index (χ0n) is 16.5. The van der Waals surface area contributed by atoms with Gasteiger partial charge in [0.25, 0.3) is 5.91 Å². The number of benzene rings is 1. The van der Waals surface area contributed by atoms with Gasteiger partial charge in [-0.05, 0) is 49.4 Å². The highest BCUT2D eigenvalue weighted by molar-refractivity contribution is 5.90. The van der Waals surface area contributed by atoms with E-state index in [4.69, 9.17) is 4.98 Å². The Labute approximate surface area is 166 Å². The molecular formula is C23H26N4O. The lowest BCUT2D eigenvalue weighted by Gasteiger charge is -2.32. The SMILES string of the molecule is Cc1cc(Cc2ccccc2)cc([C@H]2CCCN(C(=O)c3nccn3C)C2)n1. The summed E-state index contributed by atoms with van der Waals surface area (Å²) in [6, 6.07) is 14.9. The monoisotopic (exact) mass is 374 g/mol. The van der Waals surface area contributed by atoms with E-state index in [-0.39, 0.29) is 11.8 Å². The molecule has 1 aliphatic rings. The highest BCUT2D eigenvalue weighted by Crippen LogP contribution is 2.28. The molecule has 1 atom stereocenters. The van der Waals surface area contributed by atoms with Crippen molar-refractivity contribution in [3.8, 4) is 0 Å². The predicted octanol–water partition coefficient (Wildman–Crippen LogP) is 3.73. The van der Waals surface area contributed by atoms with Crippen molar-refractivity contribution in [2.24, 2.45) is 7.05 Å². The van der Waals surface area contributed by atoms with Crippen LogP contribution in [0.3, 0.4) is 0 Å². The van der Waals surface area contributed by atoms with Crippen LogP contribution in [0.5, 0.6) is 0 Å². The Balaban J connectivity index is 1.53. The average molecular weight is 374 g/mol. The van der Waals surface area contributed by atoms with Crippen molar-refractivity contribution in [2.45, 2.75) is 32.1 Å². The molecule has 1 saturated heterocycles. The fraction of sp³-hybridized carbons (Fsp3) is 0.348. The van der Waals surface area contributed by atoms with Crippen molar-refractivity contribution in [3.05, 3.63) is 83.2 Å². The van der Waals surface area contributed by atoms with E-state index in [1.807, 2.05) is 24.2 Å². The van der Waals surface area contributed by atoms with Crippen molar-refractivity contribution in [1.29, 1.82) is 0 Å². The molecule has 2 aromatic heterocycles. The van der Waals surface area contributed by atoms with Crippen LogP contribution in [0.2, 0.25) is 0 Å². The molecule has 5 heteroatoms. The molecule has 0 aliphatic carbocycles. The van der Waals surface area contributed by atoms with E-state index in [1.165, 1.54) is 11.1 Å². The summed E-state index contributed by atoms with van der Waals surface area (Å²) in [4.78, 5) is 23.8. The molecule has 0 N–H and O–H groups in total. The number of hydrogen-bond acceptors (Lipinski definition) is 3. The predicted molar refractivity (Wildman–Crippen MR) is 109 cm³/mol. The van der Waals surface area contributed by atoms with E-state index in [0.717, 1.165) is 37.2 Å². The molecule has 28 heavy (non-hydrogen) atoms. The maximum atomic E-state index is 12.9. The third-order valence-electron chi connectivity index (χ3n) is 5.42. The number of carbonyl (C=O) groups is 1. The van der Waals surface area contributed by atoms with E-state index in [1.54, 1.807) is 10.8 Å². The van der Waals surface area contributed by atoms with Crippen LogP contribution in [0, 0.1) is 6.92 Å². The number of hydrogen-bond donors (Lipinski definition) is 0. The van der Waals surface area contributed by atoms with E-state index >= 15 is 0 Å². The van der Waals surface area contributed by atoms with Gasteiger partial charge in [-0.25, -0.2) is 4.98 Å². The molecule has 0 unspecified atom stereocenters. The van der Waals surface area contributed by atoms with Crippen molar-refractivity contribution in [1.82, 2.24) is 19.4 Å². The molecule has 0 bridgehead atoms. The summed E-state index contributed by atoms with van der Waals surface area (Å²) in [5.41, 5.74) is 4.72. The van der Waals surface area contributed by atoms with E-state index in [2.05, 4.69) is 48.3 Å². The molecule has 5 nitrogen and oxygen atoms in total. The minimum absolute atomic E-state index is 0.00867. The summed E-state index contributed by atoms with van der Waals surface area (Å²) in [7, 11) is 1.86. The van der Waals surface area contributed by atoms with Crippen LogP contribution in [-0.2, 0) is 13.5 Å². The van der Waals surface area contributed by atoms with Crippen LogP contribution in [-0.4, -0.2) is 38.4 Å². The van der Waals surface area contributed by atoms with Gasteiger partial charge in [0.2, 0.25) is 0 Å². The van der Waals surface area contributed by atoms with Gasteiger partial charge in [0.1, 0.15) is 0 Å². The Morgan fingerprint density at radius 3 is 2.75 bits per heavy atom. The number of aromatic nitrogens is 3. The van der Waals surface area contributed by atoms with Crippen molar-refractivity contribution in [3.63, 3.8) is 0 Å². The first-order valence-corrected chi connectivity index (χ1v) is 9.88. The number of aryl methyl sites for hydroxylation is 2. The van der Waals surface area contributed by atoms with Crippen molar-refractivity contribution < 1.29 is 4.79 Å². The summed E-state index contributed by atoms with van der Waals surface area (Å²) in [6.45, 7) is 3.54. The largest absolute Gasteiger partial charge is 0.335 e. The second kappa shape index (κ2) is 7.97. The van der Waals surface area contributed by atoms with E-state index in [0.29, 0.717) is 12.4 Å². The van der Waals surface area contributed by atoms with Gasteiger partial charge < -0.3 is 9.47 Å². The molecule has 1 amide bonds. The fourth-order valence-electron chi connectivity index (χ4n) is 4.03. The Morgan fingerprint density at radius 2 is 2.00 bits per heavy atom. The first kappa shape index (κ1) is 18.4. The van der Waals surface area contributed by atoms with Gasteiger partial charge in [0.15, 0.2) is 5.82 Å². The van der Waals surface area contributed by atoms with Gasteiger partial charge in [0, 0.05) is 49.8 Å². The van der Waals surface area contributed by atoms with Crippen LogP contribution in [0.1, 0.15) is 51.9 Å². The summed E-state index contributed by atoms with van der Waals surface area (Å²) in [5, 5.41) is 0. The van der Waals surface area contributed by atoms with Crippen LogP contribution in [0.25, 0.3) is 0 Å². The molecule has 1 aliphatic heterocycles. The van der Waals surface area contributed by atoms with Gasteiger partial charge in [0.05, 0.1) is 0 Å². The molecule has 4 rings (SSSR count). The second-order valence-electron chi connectivity index (χ2n) is 7.66. The number of imidazole rings is 1. The quantitative estimate of drug-likeness (QED) is 0.699. The molecule has 1 fully saturated rings. The number of rotatable bonds is 4. The Morgan fingerprint density at radius 1 is 1.18 bits per heavy atom. The van der Waals surface area contributed by atoms with E-state index < -0.39 is 0 Å². The highest BCUT2D eigenvalue weighted by Gasteiger charge is 2.28. The van der Waals surface area contributed by atoms with Crippen molar-refractivity contribution in [2.75, 3.05) is 13.1 Å². The molecular weight excluding hydrogens is 348 g/mol. The highest BCUT2D eigenvalue weighted by atomic mass is 16.2. The first-order valence-electron chi connectivity index (χ1n) is 9.88. The number of likely N-dealkylation sites (tertiary alicyclic amines) is 1. The molecule has 0 radical (unpaired) electrons. The minimum atomic E-state index is 0.00867. The number of nitrogens with zero attached hydrogens (tertiary/aromatic N) is 4. The smallest absolute Gasteiger partial charge is 0.289 e. The normalized spacial score (nSPS) is 16.9. The standard InChI is InChI=1S/C23H26N4O/c1-17-13-19(14-18-7-4-3-5-8-18)15-21(25-17)20-9-6-11-27(16-20)23(28)22-24-10-12-26(22)2/h3-5,7-8,10,12-13,15,20H,6,9,11,14,16H2,1-2H3/t20-/m0/s1. The summed E-state index contributed by atoms with van der Waals surface area (Å²) in [6.07, 6.45) is 6.44. The Hall–Kier alpha value is -2.95. The number of carbonyl (C=O) groups excluding carboxylic acids is 1. The average Bonchev–Trinajstić information content (AvgIpc) is 3.14. The van der Waals surface area contributed by atoms with E-state index in [9.17, 15) is 4.79 Å². The zero-order valence-corrected chi connectivity index (χ0v) is 16.5. The maximum absolute atomic E-state index is 12.9. The van der Waals surface area contributed by atoms with Crippen LogP contribution in [0.15, 0.2) is 54.9 Å². The minimum Gasteiger partial charge on any atom is -0.335 e. The van der Waals surface area contributed by atoms with Gasteiger partial charge in [-0.2, -0.15) is 0 Å². The van der Waals surface area contributed by atoms with Crippen molar-refractivity contribution >= 4 is 5.91 Å². The fourth-order valence-corrected chi connectivity index (χ4v) is 4.03. The van der Waals surface area contributed by atoms with Crippen LogP contribution in [0.4, 0.5) is 0 Å². The number of pyridine rings is 1. The summed E-state index contributed by atoms with van der Waals surface area (Å²) < 4.78 is 1.79. The molecule has 0 spiro atoms. The molecule has 3 aromatic rings. The third-order valence-corrected chi connectivity index (χ3v) is 5.42. The van der Waals surface area contributed by atoms with Gasteiger partial charge >= 0.3 is 0 Å². The Bertz CT molecular complexity index is 964. The topological polar surface area (TPSA) is 51.0 Å². The van der Waals surface area contributed by atoms with Gasteiger partial charge in [-0.15, -0.1) is 0 Å². The zero-order chi connectivity index (χ0) is 19.5. The summed E-state index contributed by atoms with van der Waals surface area (Å²) >= 11 is 0. The summed E-state index contributed by atoms with van der Waals surface area (Å²) in [5.74, 6) is 0.782. The number of amides is 1. The molecule has 1 aromatic carbocycles. The second-order valence-corrected chi connectivity index (χ2v) is 7.66. The van der Waals surface area contributed by atoms with Crippen LogP contribution < -0.4 is 0 Å². The third kappa shape index (κ3) is 3.98. The molecule has 144 valence electrons. The van der Waals surface area contributed by atoms with Gasteiger partial charge in [-0.3, -0.25) is 9.78 Å². The Kier molecular flexibility index (Phi) is 5.24.